The van der Waals surface area contributed by atoms with Crippen LogP contribution in [0.2, 0.25) is 65.0 Å². The molecule has 1 atom stereocenters. The Bertz CT molecular complexity index is 436. The SMILES string of the molecule is C[Si](C)(C)O[Si](C)(C)O[Si](C)(CCCCCCCCCCC(O)O)O[Si](C)(C)C. The Morgan fingerprint density at radius 1 is 0.552 bits per heavy atom. The van der Waals surface area contributed by atoms with Crippen LogP contribution in [0.4, 0.5) is 0 Å². The first-order valence-corrected chi connectivity index (χ1v) is 23.7. The predicted molar refractivity (Wildman–Crippen MR) is 134 cm³/mol. The van der Waals surface area contributed by atoms with E-state index in [1.54, 1.807) is 0 Å². The van der Waals surface area contributed by atoms with Crippen LogP contribution in [0.3, 0.4) is 0 Å². The van der Waals surface area contributed by atoms with Crippen molar-refractivity contribution in [3.8, 4) is 0 Å². The van der Waals surface area contributed by atoms with E-state index in [9.17, 15) is 0 Å². The monoisotopic (exact) mass is 482 g/mol. The van der Waals surface area contributed by atoms with Gasteiger partial charge >= 0.3 is 17.1 Å². The molecule has 0 fully saturated rings. The minimum Gasteiger partial charge on any atom is -0.437 e. The second-order valence-electron chi connectivity index (χ2n) is 10.9. The highest BCUT2D eigenvalue weighted by Crippen LogP contribution is 2.28. The molecule has 0 heterocycles. The molecule has 0 aliphatic carbocycles. The van der Waals surface area contributed by atoms with Crippen molar-refractivity contribution < 1.29 is 22.6 Å². The zero-order valence-corrected chi connectivity index (χ0v) is 24.8. The normalized spacial score (nSPS) is 15.7. The van der Waals surface area contributed by atoms with Gasteiger partial charge in [-0.15, -0.1) is 0 Å². The van der Waals surface area contributed by atoms with Gasteiger partial charge in [0.2, 0.25) is 0 Å². The Labute approximate surface area is 185 Å². The van der Waals surface area contributed by atoms with Gasteiger partial charge in [0.25, 0.3) is 0 Å². The van der Waals surface area contributed by atoms with Gasteiger partial charge in [-0.25, -0.2) is 0 Å². The zero-order valence-electron chi connectivity index (χ0n) is 20.8. The molecular formula is C20H50O5Si4. The third-order valence-corrected chi connectivity index (χ3v) is 17.9. The zero-order chi connectivity index (χ0) is 22.8. The van der Waals surface area contributed by atoms with Gasteiger partial charge < -0.3 is 22.6 Å². The summed E-state index contributed by atoms with van der Waals surface area (Å²) in [5, 5.41) is 17.7. The van der Waals surface area contributed by atoms with Gasteiger partial charge in [-0.2, -0.15) is 0 Å². The summed E-state index contributed by atoms with van der Waals surface area (Å²) in [6.45, 7) is 20.1. The van der Waals surface area contributed by atoms with Crippen molar-refractivity contribution in [2.24, 2.45) is 0 Å². The molecule has 1 unspecified atom stereocenters. The summed E-state index contributed by atoms with van der Waals surface area (Å²) in [4.78, 5) is 0. The van der Waals surface area contributed by atoms with Crippen LogP contribution in [0.25, 0.3) is 0 Å². The fraction of sp³-hybridized carbons (Fsp3) is 1.00. The van der Waals surface area contributed by atoms with Gasteiger partial charge in [-0.1, -0.05) is 44.9 Å². The highest BCUT2D eigenvalue weighted by molar-refractivity contribution is 6.89. The van der Waals surface area contributed by atoms with Crippen LogP contribution in [0.15, 0.2) is 0 Å². The summed E-state index contributed by atoms with van der Waals surface area (Å²) in [6, 6.07) is 1.05. The van der Waals surface area contributed by atoms with Crippen molar-refractivity contribution in [2.45, 2.75) is 129 Å². The lowest BCUT2D eigenvalue weighted by atomic mass is 10.1. The van der Waals surface area contributed by atoms with E-state index < -0.39 is 40.0 Å². The number of aliphatic hydroxyl groups is 2. The number of hydrogen-bond donors (Lipinski definition) is 2. The van der Waals surface area contributed by atoms with Crippen LogP contribution in [0.5, 0.6) is 0 Å². The topological polar surface area (TPSA) is 68.2 Å². The molecule has 0 aromatic carbocycles. The lowest BCUT2D eigenvalue weighted by molar-refractivity contribution is -0.0466. The van der Waals surface area contributed by atoms with E-state index in [-0.39, 0.29) is 0 Å². The van der Waals surface area contributed by atoms with Crippen molar-refractivity contribution in [2.75, 3.05) is 0 Å². The fourth-order valence-corrected chi connectivity index (χ4v) is 21.9. The van der Waals surface area contributed by atoms with Crippen molar-refractivity contribution in [3.63, 3.8) is 0 Å². The van der Waals surface area contributed by atoms with Gasteiger partial charge in [0.05, 0.1) is 0 Å². The van der Waals surface area contributed by atoms with E-state index in [0.717, 1.165) is 18.9 Å². The van der Waals surface area contributed by atoms with Gasteiger partial charge in [-0.3, -0.25) is 0 Å². The first kappa shape index (κ1) is 29.7. The van der Waals surface area contributed by atoms with Crippen LogP contribution in [-0.4, -0.2) is 50.3 Å². The summed E-state index contributed by atoms with van der Waals surface area (Å²) in [5.74, 6) is 0. The summed E-state index contributed by atoms with van der Waals surface area (Å²) in [5.41, 5.74) is 0. The number of unbranched alkanes of at least 4 members (excludes halogenated alkanes) is 7. The van der Waals surface area contributed by atoms with Crippen LogP contribution in [0.1, 0.15) is 57.8 Å². The van der Waals surface area contributed by atoms with Crippen molar-refractivity contribution in [1.29, 1.82) is 0 Å². The lowest BCUT2D eigenvalue weighted by Crippen LogP contribution is -2.56. The highest BCUT2D eigenvalue weighted by Gasteiger charge is 2.44. The molecule has 0 bridgehead atoms. The number of rotatable bonds is 17. The summed E-state index contributed by atoms with van der Waals surface area (Å²) >= 11 is 0. The molecule has 0 aromatic rings. The molecule has 5 nitrogen and oxygen atoms in total. The van der Waals surface area contributed by atoms with E-state index in [2.05, 4.69) is 58.9 Å². The molecule has 0 aliphatic rings. The molecule has 9 heteroatoms. The third kappa shape index (κ3) is 19.1. The minimum absolute atomic E-state index is 0.501. The Morgan fingerprint density at radius 2 is 0.966 bits per heavy atom. The van der Waals surface area contributed by atoms with Gasteiger partial charge in [0.1, 0.15) is 0 Å². The summed E-state index contributed by atoms with van der Waals surface area (Å²) in [6.07, 6.45) is 8.70. The van der Waals surface area contributed by atoms with E-state index in [4.69, 9.17) is 22.6 Å². The van der Waals surface area contributed by atoms with Crippen molar-refractivity contribution >= 4 is 33.8 Å². The highest BCUT2D eigenvalue weighted by atomic mass is 28.5. The Kier molecular flexibility index (Phi) is 13.6. The second-order valence-corrected chi connectivity index (χ2v) is 27.4. The van der Waals surface area contributed by atoms with Crippen LogP contribution >= 0.6 is 0 Å². The quantitative estimate of drug-likeness (QED) is 0.145. The molecule has 0 rings (SSSR count). The second kappa shape index (κ2) is 13.3. The smallest absolute Gasteiger partial charge is 0.315 e. The molecule has 0 aliphatic heterocycles. The van der Waals surface area contributed by atoms with Gasteiger partial charge in [0, 0.05) is 0 Å². The van der Waals surface area contributed by atoms with E-state index in [1.807, 2.05) is 0 Å². The molecule has 0 spiro atoms. The van der Waals surface area contributed by atoms with Crippen molar-refractivity contribution in [3.05, 3.63) is 0 Å². The van der Waals surface area contributed by atoms with Crippen LogP contribution in [-0.2, 0) is 12.3 Å². The van der Waals surface area contributed by atoms with Crippen LogP contribution < -0.4 is 0 Å². The molecule has 176 valence electrons. The predicted octanol–water partition coefficient (Wildman–Crippen LogP) is 6.30. The minimum atomic E-state index is -2.24. The van der Waals surface area contributed by atoms with Crippen LogP contribution in [0, 0.1) is 0 Å². The first-order valence-electron chi connectivity index (χ1n) is 11.5. The Balaban J connectivity index is 4.37. The molecule has 2 N–H and O–H groups in total. The maximum absolute atomic E-state index is 8.85. The van der Waals surface area contributed by atoms with E-state index in [0.29, 0.717) is 6.42 Å². The maximum atomic E-state index is 8.85. The Morgan fingerprint density at radius 3 is 1.38 bits per heavy atom. The van der Waals surface area contributed by atoms with Crippen molar-refractivity contribution in [1.82, 2.24) is 0 Å². The molecule has 0 saturated heterocycles. The molecule has 29 heavy (non-hydrogen) atoms. The van der Waals surface area contributed by atoms with E-state index >= 15 is 0 Å². The van der Waals surface area contributed by atoms with Gasteiger partial charge in [-0.05, 0) is 77.8 Å². The Hall–Kier alpha value is 0.668. The third-order valence-electron chi connectivity index (χ3n) is 4.38. The molecule has 0 saturated carbocycles. The number of aliphatic hydroxyl groups excluding tert-OH is 1. The summed E-state index contributed by atoms with van der Waals surface area (Å²) < 4.78 is 19.8. The molecule has 0 aromatic heterocycles. The van der Waals surface area contributed by atoms with Gasteiger partial charge in [0.15, 0.2) is 22.9 Å². The average molecular weight is 483 g/mol. The molecular weight excluding hydrogens is 433 g/mol. The van der Waals surface area contributed by atoms with E-state index in [1.165, 1.54) is 38.5 Å². The molecule has 0 amide bonds. The summed E-state index contributed by atoms with van der Waals surface area (Å²) in [7, 11) is -7.74. The molecule has 0 radical (unpaired) electrons. The average Bonchev–Trinajstić information content (AvgIpc) is 2.43. The lowest BCUT2D eigenvalue weighted by Gasteiger charge is -2.41. The fourth-order valence-electron chi connectivity index (χ4n) is 3.88. The first-order chi connectivity index (χ1) is 13.0. The maximum Gasteiger partial charge on any atom is 0.315 e. The largest absolute Gasteiger partial charge is 0.437 e. The number of hydrogen-bond acceptors (Lipinski definition) is 5. The standard InChI is InChI=1S/C20H50O5Si4/c1-26(2,3)23-28(7,8)25-29(9,24-27(4,5)6)19-17-15-13-11-10-12-14-16-18-20(21)22/h20-22H,10-19H2,1-9H3.